The average molecular weight is 601 g/mol. The van der Waals surface area contributed by atoms with Crippen LogP contribution in [0.1, 0.15) is 29.8 Å². The molecule has 2 heterocycles. The SMILES string of the molecule is C[C@@H]1CN([C@H](C)CO)C(=O)Cc2cc(NC(=O)c3ccncc3)ccc2O[C@H]1CN(C)S(=O)(=O)c1ccc(Cl)cc1. The highest BCUT2D eigenvalue weighted by atomic mass is 35.5. The molecule has 1 aliphatic heterocycles. The van der Waals surface area contributed by atoms with Gasteiger partial charge in [0.1, 0.15) is 11.9 Å². The highest BCUT2D eigenvalue weighted by Gasteiger charge is 2.33. The molecule has 0 saturated heterocycles. The smallest absolute Gasteiger partial charge is 0.255 e. The zero-order valence-corrected chi connectivity index (χ0v) is 24.6. The van der Waals surface area contributed by atoms with Crippen LogP contribution >= 0.6 is 11.6 Å². The third-order valence-electron chi connectivity index (χ3n) is 7.08. The number of likely N-dealkylation sites (N-methyl/N-ethyl adjacent to an activating group) is 1. The van der Waals surface area contributed by atoms with Gasteiger partial charge in [-0.1, -0.05) is 18.5 Å². The number of rotatable bonds is 8. The summed E-state index contributed by atoms with van der Waals surface area (Å²) in [4.78, 5) is 31.8. The largest absolute Gasteiger partial charge is 0.488 e. The molecule has 12 heteroatoms. The van der Waals surface area contributed by atoms with Gasteiger partial charge in [0, 0.05) is 53.7 Å². The lowest BCUT2D eigenvalue weighted by molar-refractivity contribution is -0.134. The molecule has 0 radical (unpaired) electrons. The van der Waals surface area contributed by atoms with Crippen molar-refractivity contribution in [2.45, 2.75) is 37.3 Å². The fourth-order valence-electron chi connectivity index (χ4n) is 4.57. The van der Waals surface area contributed by atoms with Crippen molar-refractivity contribution in [3.05, 3.63) is 83.1 Å². The van der Waals surface area contributed by atoms with Gasteiger partial charge in [0.25, 0.3) is 5.91 Å². The lowest BCUT2D eigenvalue weighted by Crippen LogP contribution is -2.48. The first-order chi connectivity index (χ1) is 19.5. The van der Waals surface area contributed by atoms with Crippen LogP contribution in [-0.2, 0) is 21.2 Å². The maximum absolute atomic E-state index is 13.4. The number of aromatic nitrogens is 1. The van der Waals surface area contributed by atoms with Crippen molar-refractivity contribution in [1.82, 2.24) is 14.2 Å². The monoisotopic (exact) mass is 600 g/mol. The summed E-state index contributed by atoms with van der Waals surface area (Å²) in [5.74, 6) is -0.442. The number of carbonyl (C=O) groups excluding carboxylic acids is 2. The Bertz CT molecular complexity index is 1490. The van der Waals surface area contributed by atoms with E-state index in [0.717, 1.165) is 0 Å². The molecule has 0 fully saturated rings. The van der Waals surface area contributed by atoms with Gasteiger partial charge in [-0.25, -0.2) is 8.42 Å². The minimum absolute atomic E-state index is 0.00162. The van der Waals surface area contributed by atoms with Gasteiger partial charge in [-0.2, -0.15) is 4.31 Å². The molecule has 3 atom stereocenters. The average Bonchev–Trinajstić information content (AvgIpc) is 3.00. The van der Waals surface area contributed by atoms with Gasteiger partial charge in [-0.15, -0.1) is 0 Å². The highest BCUT2D eigenvalue weighted by Crippen LogP contribution is 2.30. The number of sulfonamides is 1. The lowest BCUT2D eigenvalue weighted by Gasteiger charge is -2.33. The van der Waals surface area contributed by atoms with Crippen LogP contribution in [0.3, 0.4) is 0 Å². The summed E-state index contributed by atoms with van der Waals surface area (Å²) in [7, 11) is -2.38. The van der Waals surface area contributed by atoms with Crippen molar-refractivity contribution < 1.29 is 27.9 Å². The fraction of sp³-hybridized carbons (Fsp3) is 0.345. The Balaban J connectivity index is 1.65. The van der Waals surface area contributed by atoms with Crippen LogP contribution in [0, 0.1) is 5.92 Å². The highest BCUT2D eigenvalue weighted by molar-refractivity contribution is 7.89. The third kappa shape index (κ3) is 7.23. The Morgan fingerprint density at radius 2 is 1.88 bits per heavy atom. The minimum atomic E-state index is -3.86. The molecule has 10 nitrogen and oxygen atoms in total. The number of anilines is 1. The standard InChI is InChI=1S/C29H33ClN4O6S/c1-19-16-34(20(2)18-35)28(36)15-22-14-24(32-29(37)21-10-12-31-13-11-21)6-9-26(22)40-27(19)17-33(3)41(38,39)25-7-4-23(30)5-8-25/h4-14,19-20,27,35H,15-18H2,1-3H3,(H,32,37)/t19-,20-,27+/m1/s1. The number of aliphatic hydroxyl groups is 1. The number of aliphatic hydroxyl groups excluding tert-OH is 1. The Morgan fingerprint density at radius 3 is 2.54 bits per heavy atom. The Morgan fingerprint density at radius 1 is 1.20 bits per heavy atom. The van der Waals surface area contributed by atoms with Crippen LogP contribution in [0.4, 0.5) is 5.69 Å². The summed E-state index contributed by atoms with van der Waals surface area (Å²) >= 11 is 5.94. The van der Waals surface area contributed by atoms with Gasteiger partial charge < -0.3 is 20.1 Å². The number of fused-ring (bicyclic) bond motifs is 1. The van der Waals surface area contributed by atoms with Crippen molar-refractivity contribution in [3.8, 4) is 5.75 Å². The van der Waals surface area contributed by atoms with E-state index in [1.165, 1.54) is 48.0 Å². The van der Waals surface area contributed by atoms with E-state index in [9.17, 15) is 23.1 Å². The van der Waals surface area contributed by atoms with Gasteiger partial charge >= 0.3 is 0 Å². The van der Waals surface area contributed by atoms with Crippen LogP contribution in [0.25, 0.3) is 0 Å². The molecule has 0 spiro atoms. The summed E-state index contributed by atoms with van der Waals surface area (Å²) in [6.07, 6.45) is 2.37. The number of benzene rings is 2. The number of nitrogens with one attached hydrogen (secondary N) is 1. The van der Waals surface area contributed by atoms with E-state index < -0.39 is 22.2 Å². The zero-order chi connectivity index (χ0) is 29.7. The molecule has 3 aromatic rings. The second-order valence-corrected chi connectivity index (χ2v) is 12.6. The van der Waals surface area contributed by atoms with E-state index in [-0.39, 0.29) is 48.7 Å². The first-order valence-corrected chi connectivity index (χ1v) is 14.9. The zero-order valence-electron chi connectivity index (χ0n) is 23.0. The maximum Gasteiger partial charge on any atom is 0.255 e. The molecule has 0 saturated carbocycles. The van der Waals surface area contributed by atoms with Gasteiger partial charge in [-0.3, -0.25) is 14.6 Å². The summed E-state index contributed by atoms with van der Waals surface area (Å²) in [6, 6.07) is 13.7. The Labute approximate surface area is 245 Å². The van der Waals surface area contributed by atoms with E-state index in [4.69, 9.17) is 16.3 Å². The number of hydrogen-bond donors (Lipinski definition) is 2. The van der Waals surface area contributed by atoms with Crippen molar-refractivity contribution >= 4 is 39.1 Å². The second-order valence-electron chi connectivity index (χ2n) is 10.1. The molecule has 4 rings (SSSR count). The number of ether oxygens (including phenoxy) is 1. The van der Waals surface area contributed by atoms with Crippen LogP contribution < -0.4 is 10.1 Å². The molecule has 41 heavy (non-hydrogen) atoms. The summed E-state index contributed by atoms with van der Waals surface area (Å²) < 4.78 is 34.3. The molecule has 218 valence electrons. The summed E-state index contributed by atoms with van der Waals surface area (Å²) in [6.45, 7) is 3.65. The summed E-state index contributed by atoms with van der Waals surface area (Å²) in [5, 5.41) is 13.1. The molecule has 2 amide bonds. The molecule has 0 unspecified atom stereocenters. The number of pyridine rings is 1. The topological polar surface area (TPSA) is 129 Å². The van der Waals surface area contributed by atoms with Crippen molar-refractivity contribution in [1.29, 1.82) is 0 Å². The normalized spacial score (nSPS) is 18.5. The predicted octanol–water partition coefficient (Wildman–Crippen LogP) is 3.46. The van der Waals surface area contributed by atoms with Crippen molar-refractivity contribution in [3.63, 3.8) is 0 Å². The first-order valence-electron chi connectivity index (χ1n) is 13.1. The van der Waals surface area contributed by atoms with Crippen LogP contribution in [0.5, 0.6) is 5.75 Å². The molecule has 0 bridgehead atoms. The molecule has 1 aromatic heterocycles. The molecular formula is C29H33ClN4O6S. The lowest BCUT2D eigenvalue weighted by atomic mass is 10.0. The van der Waals surface area contributed by atoms with Crippen LogP contribution in [-0.4, -0.2) is 78.4 Å². The van der Waals surface area contributed by atoms with E-state index >= 15 is 0 Å². The van der Waals surface area contributed by atoms with Crippen LogP contribution in [0.15, 0.2) is 71.9 Å². The first kappa shape index (κ1) is 30.4. The molecule has 2 N–H and O–H groups in total. The fourth-order valence-corrected chi connectivity index (χ4v) is 5.88. The second kappa shape index (κ2) is 13.0. The van der Waals surface area contributed by atoms with Crippen molar-refractivity contribution in [2.75, 3.05) is 32.1 Å². The Hall–Kier alpha value is -3.51. The maximum atomic E-state index is 13.4. The molecule has 1 aliphatic rings. The quantitative estimate of drug-likeness (QED) is 0.405. The number of carbonyl (C=O) groups is 2. The number of halogens is 1. The van der Waals surface area contributed by atoms with E-state index in [1.807, 2.05) is 6.92 Å². The van der Waals surface area contributed by atoms with Gasteiger partial charge in [0.2, 0.25) is 15.9 Å². The van der Waals surface area contributed by atoms with Crippen molar-refractivity contribution in [2.24, 2.45) is 5.92 Å². The van der Waals surface area contributed by atoms with E-state index in [0.29, 0.717) is 27.6 Å². The number of nitrogens with zero attached hydrogens (tertiary/aromatic N) is 3. The van der Waals surface area contributed by atoms with E-state index in [1.54, 1.807) is 42.2 Å². The van der Waals surface area contributed by atoms with Gasteiger partial charge in [0.15, 0.2) is 0 Å². The predicted molar refractivity (Wildman–Crippen MR) is 155 cm³/mol. The summed E-state index contributed by atoms with van der Waals surface area (Å²) in [5.41, 5.74) is 1.42. The van der Waals surface area contributed by atoms with Gasteiger partial charge in [-0.05, 0) is 61.5 Å². The third-order valence-corrected chi connectivity index (χ3v) is 9.17. The Kier molecular flexibility index (Phi) is 9.64. The molecule has 2 aromatic carbocycles. The van der Waals surface area contributed by atoms with E-state index in [2.05, 4.69) is 10.3 Å². The number of amides is 2. The number of hydrogen-bond acceptors (Lipinski definition) is 7. The molecule has 0 aliphatic carbocycles. The van der Waals surface area contributed by atoms with Crippen LogP contribution in [0.2, 0.25) is 5.02 Å². The van der Waals surface area contributed by atoms with Gasteiger partial charge in [0.05, 0.1) is 30.5 Å². The molecular weight excluding hydrogens is 568 g/mol. The minimum Gasteiger partial charge on any atom is -0.488 e.